The van der Waals surface area contributed by atoms with Crippen molar-refractivity contribution >= 4 is 21.1 Å². The Morgan fingerprint density at radius 2 is 1.63 bits per heavy atom. The highest BCUT2D eigenvalue weighted by Crippen LogP contribution is 2.34. The van der Waals surface area contributed by atoms with Crippen LogP contribution < -0.4 is 4.74 Å². The average Bonchev–Trinajstić information content (AvgIpc) is 3.49. The number of methoxy groups -OCH3 is 1. The van der Waals surface area contributed by atoms with E-state index in [0.717, 1.165) is 33.8 Å². The number of nitrogens with zero attached hydrogens (tertiary/aromatic N) is 4. The van der Waals surface area contributed by atoms with Gasteiger partial charge < -0.3 is 9.30 Å². The number of rotatable bonds is 7. The summed E-state index contributed by atoms with van der Waals surface area (Å²) in [5.74, 6) is 0.801. The lowest BCUT2D eigenvalue weighted by Crippen LogP contribution is -2.21. The van der Waals surface area contributed by atoms with E-state index in [1.165, 1.54) is 10.3 Å². The van der Waals surface area contributed by atoms with Gasteiger partial charge in [0.05, 0.1) is 41.1 Å². The molecule has 0 spiro atoms. The fourth-order valence-corrected chi connectivity index (χ4v) is 5.16. The first kappa shape index (κ1) is 22.9. The highest BCUT2D eigenvalue weighted by atomic mass is 32.2. The number of imidazole rings is 2. The van der Waals surface area contributed by atoms with Crippen LogP contribution in [-0.2, 0) is 16.6 Å². The molecule has 0 amide bonds. The van der Waals surface area contributed by atoms with Crippen LogP contribution in [-0.4, -0.2) is 39.3 Å². The van der Waals surface area contributed by atoms with Crippen LogP contribution >= 0.6 is 0 Å². The van der Waals surface area contributed by atoms with E-state index in [4.69, 9.17) is 9.72 Å². The van der Waals surface area contributed by atoms with Gasteiger partial charge in [0.25, 0.3) is 0 Å². The molecule has 2 heterocycles. The quantitative estimate of drug-likeness (QED) is 0.316. The van der Waals surface area contributed by atoms with Crippen molar-refractivity contribution in [3.8, 4) is 28.3 Å². The monoisotopic (exact) mass is 486 g/mol. The molecule has 5 aromatic rings. The minimum Gasteiger partial charge on any atom is -0.497 e. The van der Waals surface area contributed by atoms with Crippen molar-refractivity contribution in [1.82, 2.24) is 18.5 Å². The van der Waals surface area contributed by atoms with Crippen LogP contribution in [0.15, 0.2) is 85.5 Å². The Morgan fingerprint density at radius 3 is 2.31 bits per heavy atom. The highest BCUT2D eigenvalue weighted by molar-refractivity contribution is 7.90. The normalized spacial score (nSPS) is 11.9. The first-order chi connectivity index (χ1) is 16.9. The molecule has 0 bridgehead atoms. The second kappa shape index (κ2) is 9.03. The van der Waals surface area contributed by atoms with Gasteiger partial charge in [0.15, 0.2) is 0 Å². The molecule has 0 aliphatic heterocycles. The van der Waals surface area contributed by atoms with Crippen molar-refractivity contribution in [3.63, 3.8) is 0 Å². The molecule has 0 saturated carbocycles. The van der Waals surface area contributed by atoms with E-state index >= 15 is 0 Å². The van der Waals surface area contributed by atoms with Crippen molar-refractivity contribution < 1.29 is 13.2 Å². The number of fused-ring (bicyclic) bond motifs is 1. The Bertz CT molecular complexity index is 1590. The predicted octanol–water partition coefficient (Wildman–Crippen LogP) is 5.21. The molecule has 0 aliphatic carbocycles. The van der Waals surface area contributed by atoms with E-state index in [-0.39, 0.29) is 0 Å². The van der Waals surface area contributed by atoms with Gasteiger partial charge >= 0.3 is 0 Å². The summed E-state index contributed by atoms with van der Waals surface area (Å²) < 4.78 is 34.6. The Morgan fingerprint density at radius 1 is 0.886 bits per heavy atom. The second-order valence-corrected chi connectivity index (χ2v) is 11.0. The summed E-state index contributed by atoms with van der Waals surface area (Å²) in [4.78, 5) is 9.08. The van der Waals surface area contributed by atoms with Gasteiger partial charge in [0.1, 0.15) is 12.1 Å². The molecule has 0 aliphatic rings. The Balaban J connectivity index is 1.68. The average molecular weight is 487 g/mol. The smallest absolute Gasteiger partial charge is 0.242 e. The van der Waals surface area contributed by atoms with Gasteiger partial charge in [0, 0.05) is 17.7 Å². The number of ether oxygens (including phenoxy) is 1. The third-order valence-electron chi connectivity index (χ3n) is 6.05. The maximum Gasteiger partial charge on any atom is 0.242 e. The van der Waals surface area contributed by atoms with Crippen LogP contribution in [0.2, 0.25) is 0 Å². The molecule has 5 rings (SSSR count). The van der Waals surface area contributed by atoms with Gasteiger partial charge in [0.2, 0.25) is 10.0 Å². The molecule has 7 nitrogen and oxygen atoms in total. The molecule has 0 unspecified atom stereocenters. The summed E-state index contributed by atoms with van der Waals surface area (Å²) in [6, 6.07) is 23.6. The van der Waals surface area contributed by atoms with Crippen LogP contribution in [0.1, 0.15) is 19.4 Å². The van der Waals surface area contributed by atoms with Crippen molar-refractivity contribution in [2.45, 2.75) is 25.6 Å². The lowest BCUT2D eigenvalue weighted by atomic mass is 10.0. The Labute approximate surface area is 204 Å². The molecular formula is C27H26N4O3S. The van der Waals surface area contributed by atoms with Crippen LogP contribution in [0.5, 0.6) is 5.75 Å². The SMILES string of the molecule is COc1ccc(Cn2cnc(-c3ccccc3)c2-c2ccc3ncn(S(=O)(=O)C(C)C)c3c2)cc1. The zero-order chi connectivity index (χ0) is 24.6. The zero-order valence-corrected chi connectivity index (χ0v) is 20.6. The second-order valence-electron chi connectivity index (χ2n) is 8.62. The fourth-order valence-electron chi connectivity index (χ4n) is 4.10. The van der Waals surface area contributed by atoms with Gasteiger partial charge in [-0.25, -0.2) is 22.4 Å². The predicted molar refractivity (Wildman–Crippen MR) is 138 cm³/mol. The summed E-state index contributed by atoms with van der Waals surface area (Å²) in [7, 11) is -1.91. The molecule has 0 saturated heterocycles. The Kier molecular flexibility index (Phi) is 5.90. The first-order valence-electron chi connectivity index (χ1n) is 11.3. The summed E-state index contributed by atoms with van der Waals surface area (Å²) in [5.41, 5.74) is 5.85. The summed E-state index contributed by atoms with van der Waals surface area (Å²) in [5, 5.41) is -0.566. The zero-order valence-electron chi connectivity index (χ0n) is 19.8. The van der Waals surface area contributed by atoms with Crippen LogP contribution in [0, 0.1) is 0 Å². The van der Waals surface area contributed by atoms with E-state index < -0.39 is 15.3 Å². The van der Waals surface area contributed by atoms with Gasteiger partial charge in [-0.05, 0) is 43.7 Å². The maximum absolute atomic E-state index is 12.9. The molecule has 0 radical (unpaired) electrons. The third kappa shape index (κ3) is 4.21. The van der Waals surface area contributed by atoms with Crippen molar-refractivity contribution in [2.75, 3.05) is 7.11 Å². The fraction of sp³-hybridized carbons (Fsp3) is 0.185. The molecular weight excluding hydrogens is 460 g/mol. The van der Waals surface area contributed by atoms with Gasteiger partial charge in [-0.3, -0.25) is 0 Å². The maximum atomic E-state index is 12.9. The summed E-state index contributed by atoms with van der Waals surface area (Å²) in [6.07, 6.45) is 3.21. The lowest BCUT2D eigenvalue weighted by Gasteiger charge is -2.13. The standard InChI is InChI=1S/C27H26N4O3S/c1-19(2)35(32,33)31-18-28-24-14-11-22(15-25(24)31)27-26(21-7-5-4-6-8-21)29-17-30(27)16-20-9-12-23(34-3)13-10-20/h4-15,17-19H,16H2,1-3H3. The highest BCUT2D eigenvalue weighted by Gasteiger charge is 2.22. The molecule has 0 fully saturated rings. The third-order valence-corrected chi connectivity index (χ3v) is 8.09. The number of aromatic nitrogens is 4. The van der Waals surface area contributed by atoms with Crippen molar-refractivity contribution in [2.24, 2.45) is 0 Å². The van der Waals surface area contributed by atoms with Gasteiger partial charge in [-0.15, -0.1) is 0 Å². The molecule has 35 heavy (non-hydrogen) atoms. The molecule has 2 aromatic heterocycles. The Hall–Kier alpha value is -3.91. The van der Waals surface area contributed by atoms with E-state index in [1.807, 2.05) is 79.1 Å². The van der Waals surface area contributed by atoms with E-state index in [1.54, 1.807) is 21.0 Å². The van der Waals surface area contributed by atoms with Crippen LogP contribution in [0.4, 0.5) is 0 Å². The first-order valence-corrected chi connectivity index (χ1v) is 12.8. The molecule has 0 N–H and O–H groups in total. The number of benzene rings is 3. The summed E-state index contributed by atoms with van der Waals surface area (Å²) in [6.45, 7) is 3.94. The van der Waals surface area contributed by atoms with E-state index in [2.05, 4.69) is 9.55 Å². The van der Waals surface area contributed by atoms with Crippen molar-refractivity contribution in [3.05, 3.63) is 91.0 Å². The number of hydrogen-bond donors (Lipinski definition) is 0. The summed E-state index contributed by atoms with van der Waals surface area (Å²) >= 11 is 0. The van der Waals surface area contributed by atoms with Crippen LogP contribution in [0.25, 0.3) is 33.5 Å². The largest absolute Gasteiger partial charge is 0.497 e. The molecule has 0 atom stereocenters. The lowest BCUT2D eigenvalue weighted by molar-refractivity contribution is 0.414. The molecule has 178 valence electrons. The van der Waals surface area contributed by atoms with Crippen LogP contribution in [0.3, 0.4) is 0 Å². The molecule has 8 heteroatoms. The van der Waals surface area contributed by atoms with Gasteiger partial charge in [-0.2, -0.15) is 0 Å². The van der Waals surface area contributed by atoms with Crippen molar-refractivity contribution in [1.29, 1.82) is 0 Å². The molecule has 3 aromatic carbocycles. The number of hydrogen-bond acceptors (Lipinski definition) is 5. The van der Waals surface area contributed by atoms with Gasteiger partial charge in [-0.1, -0.05) is 48.5 Å². The minimum absolute atomic E-state index is 0.549. The van der Waals surface area contributed by atoms with E-state index in [9.17, 15) is 8.42 Å². The minimum atomic E-state index is -3.55. The van der Waals surface area contributed by atoms with E-state index in [0.29, 0.717) is 17.6 Å². The topological polar surface area (TPSA) is 79.0 Å².